The first-order valence-electron chi connectivity index (χ1n) is 4.76. The molecule has 0 aliphatic carbocycles. The van der Waals surface area contributed by atoms with Crippen LogP contribution in [0.5, 0.6) is 0 Å². The first-order valence-corrected chi connectivity index (χ1v) is 4.76. The predicted molar refractivity (Wildman–Crippen MR) is 55.6 cm³/mol. The molecule has 0 fully saturated rings. The Balaban J connectivity index is 4.49. The third-order valence-corrected chi connectivity index (χ3v) is 2.45. The summed E-state index contributed by atoms with van der Waals surface area (Å²) in [7, 11) is 1.63. The highest BCUT2D eigenvalue weighted by Crippen LogP contribution is 2.34. The van der Waals surface area contributed by atoms with Gasteiger partial charge in [0.15, 0.2) is 0 Å². The lowest BCUT2D eigenvalue weighted by Gasteiger charge is -2.40. The minimum atomic E-state index is -0.529. The van der Waals surface area contributed by atoms with Crippen molar-refractivity contribution >= 4 is 0 Å². The quantitative estimate of drug-likeness (QED) is 0.633. The van der Waals surface area contributed by atoms with E-state index in [1.807, 2.05) is 27.7 Å². The van der Waals surface area contributed by atoms with E-state index in [0.29, 0.717) is 13.2 Å². The summed E-state index contributed by atoms with van der Waals surface area (Å²) in [6, 6.07) is 0. The zero-order chi connectivity index (χ0) is 11.4. The highest BCUT2D eigenvalue weighted by Gasteiger charge is 2.39. The number of hydrogen-bond donors (Lipinski definition) is 2. The Bertz CT molecular complexity index is 151. The Morgan fingerprint density at radius 1 is 1.14 bits per heavy atom. The summed E-state index contributed by atoms with van der Waals surface area (Å²) in [6.45, 7) is 8.58. The molecule has 1 unspecified atom stereocenters. The number of aliphatic hydroxyl groups is 1. The van der Waals surface area contributed by atoms with Gasteiger partial charge >= 0.3 is 0 Å². The molecule has 0 heterocycles. The second kappa shape index (κ2) is 5.07. The van der Waals surface area contributed by atoms with Crippen LogP contribution in [0.2, 0.25) is 0 Å². The number of methoxy groups -OCH3 is 1. The Morgan fingerprint density at radius 3 is 1.93 bits per heavy atom. The lowest BCUT2D eigenvalue weighted by molar-refractivity contribution is -0.101. The van der Waals surface area contributed by atoms with Gasteiger partial charge in [0.05, 0.1) is 19.3 Å². The first kappa shape index (κ1) is 13.8. The number of aliphatic hydroxyl groups excluding tert-OH is 1. The summed E-state index contributed by atoms with van der Waals surface area (Å²) >= 11 is 0. The highest BCUT2D eigenvalue weighted by atomic mass is 16.6. The molecular weight excluding hydrogens is 182 g/mol. The van der Waals surface area contributed by atoms with Crippen molar-refractivity contribution in [2.75, 3.05) is 20.3 Å². The van der Waals surface area contributed by atoms with Crippen LogP contribution >= 0.6 is 0 Å². The van der Waals surface area contributed by atoms with Gasteiger partial charge in [0, 0.05) is 17.9 Å². The Hall–Kier alpha value is -0.160. The van der Waals surface area contributed by atoms with Crippen LogP contribution < -0.4 is 5.90 Å². The van der Waals surface area contributed by atoms with Crippen molar-refractivity contribution in [1.82, 2.24) is 0 Å². The summed E-state index contributed by atoms with van der Waals surface area (Å²) in [5.41, 5.74) is -0.687. The van der Waals surface area contributed by atoms with E-state index < -0.39 is 6.10 Å². The van der Waals surface area contributed by atoms with Gasteiger partial charge in [-0.15, -0.1) is 0 Å². The van der Waals surface area contributed by atoms with E-state index in [9.17, 15) is 5.11 Å². The monoisotopic (exact) mass is 205 g/mol. The fourth-order valence-corrected chi connectivity index (χ4v) is 1.80. The molecule has 4 heteroatoms. The van der Waals surface area contributed by atoms with Gasteiger partial charge in [0.25, 0.3) is 0 Å². The van der Waals surface area contributed by atoms with Crippen molar-refractivity contribution in [3.8, 4) is 0 Å². The molecule has 0 saturated carbocycles. The lowest BCUT2D eigenvalue weighted by Crippen LogP contribution is -2.46. The van der Waals surface area contributed by atoms with Crippen LogP contribution in [0.3, 0.4) is 0 Å². The third-order valence-electron chi connectivity index (χ3n) is 2.45. The normalized spacial score (nSPS) is 15.6. The summed E-state index contributed by atoms with van der Waals surface area (Å²) in [5.74, 6) is 5.03. The number of hydrogen-bond acceptors (Lipinski definition) is 4. The summed E-state index contributed by atoms with van der Waals surface area (Å²) in [5, 5.41) is 10.2. The molecule has 0 saturated heterocycles. The van der Waals surface area contributed by atoms with Crippen molar-refractivity contribution in [1.29, 1.82) is 0 Å². The van der Waals surface area contributed by atoms with Gasteiger partial charge in [-0.1, -0.05) is 27.7 Å². The van der Waals surface area contributed by atoms with E-state index in [1.54, 1.807) is 7.11 Å². The van der Waals surface area contributed by atoms with E-state index in [-0.39, 0.29) is 10.8 Å². The van der Waals surface area contributed by atoms with Gasteiger partial charge in [-0.2, -0.15) is 0 Å². The second-order valence-electron chi connectivity index (χ2n) is 5.12. The van der Waals surface area contributed by atoms with E-state index in [1.165, 1.54) is 0 Å². The van der Waals surface area contributed by atoms with E-state index in [2.05, 4.69) is 4.84 Å². The van der Waals surface area contributed by atoms with Crippen LogP contribution in [0.1, 0.15) is 27.7 Å². The van der Waals surface area contributed by atoms with E-state index in [4.69, 9.17) is 10.6 Å². The van der Waals surface area contributed by atoms with Crippen LogP contribution in [0.15, 0.2) is 0 Å². The van der Waals surface area contributed by atoms with Crippen molar-refractivity contribution in [2.24, 2.45) is 16.7 Å². The van der Waals surface area contributed by atoms with Gasteiger partial charge in [-0.05, 0) is 0 Å². The minimum absolute atomic E-state index is 0.309. The van der Waals surface area contributed by atoms with Gasteiger partial charge < -0.3 is 14.7 Å². The SMILES string of the molecule is COCC(C)(C)C(O)C(C)(C)CON. The van der Waals surface area contributed by atoms with E-state index in [0.717, 1.165) is 0 Å². The van der Waals surface area contributed by atoms with Crippen molar-refractivity contribution in [3.05, 3.63) is 0 Å². The molecule has 3 N–H and O–H groups in total. The summed E-state index contributed by atoms with van der Waals surface area (Å²) in [4.78, 5) is 4.60. The Kier molecular flexibility index (Phi) is 5.01. The zero-order valence-corrected chi connectivity index (χ0v) is 9.83. The predicted octanol–water partition coefficient (Wildman–Crippen LogP) is 0.936. The maximum atomic E-state index is 10.2. The molecule has 1 atom stereocenters. The largest absolute Gasteiger partial charge is 0.392 e. The molecule has 0 aliphatic heterocycles. The third kappa shape index (κ3) is 3.53. The minimum Gasteiger partial charge on any atom is -0.392 e. The molecule has 0 bridgehead atoms. The van der Waals surface area contributed by atoms with Crippen molar-refractivity contribution in [2.45, 2.75) is 33.8 Å². The zero-order valence-electron chi connectivity index (χ0n) is 9.83. The molecule has 86 valence electrons. The molecule has 0 aromatic heterocycles. The molecule has 14 heavy (non-hydrogen) atoms. The Morgan fingerprint density at radius 2 is 1.57 bits per heavy atom. The van der Waals surface area contributed by atoms with Crippen LogP contribution in [-0.4, -0.2) is 31.5 Å². The fraction of sp³-hybridized carbons (Fsp3) is 1.00. The fourth-order valence-electron chi connectivity index (χ4n) is 1.80. The van der Waals surface area contributed by atoms with Crippen LogP contribution in [0, 0.1) is 10.8 Å². The molecule has 0 aliphatic rings. The summed E-state index contributed by atoms with van der Waals surface area (Å²) < 4.78 is 5.07. The maximum Gasteiger partial charge on any atom is 0.0755 e. The lowest BCUT2D eigenvalue weighted by atomic mass is 9.73. The molecular formula is C10H23NO3. The van der Waals surface area contributed by atoms with Crippen LogP contribution in [0.25, 0.3) is 0 Å². The molecule has 4 nitrogen and oxygen atoms in total. The number of rotatable bonds is 6. The smallest absolute Gasteiger partial charge is 0.0755 e. The number of nitrogens with two attached hydrogens (primary N) is 1. The first-order chi connectivity index (χ1) is 6.28. The summed E-state index contributed by atoms with van der Waals surface area (Å²) in [6.07, 6.45) is -0.529. The molecule has 0 amide bonds. The van der Waals surface area contributed by atoms with Crippen LogP contribution in [0.4, 0.5) is 0 Å². The number of ether oxygens (including phenoxy) is 1. The molecule has 0 aromatic carbocycles. The van der Waals surface area contributed by atoms with Gasteiger partial charge in [0.2, 0.25) is 0 Å². The highest BCUT2D eigenvalue weighted by molar-refractivity contribution is 4.88. The maximum absolute atomic E-state index is 10.2. The van der Waals surface area contributed by atoms with Crippen molar-refractivity contribution in [3.63, 3.8) is 0 Å². The molecule has 0 radical (unpaired) electrons. The Labute approximate surface area is 86.3 Å². The topological polar surface area (TPSA) is 64.7 Å². The molecule has 0 aromatic rings. The van der Waals surface area contributed by atoms with Crippen LogP contribution in [-0.2, 0) is 9.57 Å². The van der Waals surface area contributed by atoms with Crippen molar-refractivity contribution < 1.29 is 14.7 Å². The van der Waals surface area contributed by atoms with E-state index >= 15 is 0 Å². The average Bonchev–Trinajstić information content (AvgIpc) is 2.02. The second-order valence-corrected chi connectivity index (χ2v) is 5.12. The van der Waals surface area contributed by atoms with Gasteiger partial charge in [-0.25, -0.2) is 5.90 Å². The van der Waals surface area contributed by atoms with Gasteiger partial charge in [-0.3, -0.25) is 0 Å². The molecule has 0 rings (SSSR count). The average molecular weight is 205 g/mol. The van der Waals surface area contributed by atoms with Gasteiger partial charge in [0.1, 0.15) is 0 Å². The standard InChI is InChI=1S/C10H23NO3/c1-9(2,6-13-5)8(12)10(3,4)7-14-11/h8,12H,6-7,11H2,1-5H3. The molecule has 0 spiro atoms.